The van der Waals surface area contributed by atoms with Crippen molar-refractivity contribution in [3.05, 3.63) is 35.4 Å². The molecule has 2 heteroatoms. The van der Waals surface area contributed by atoms with Gasteiger partial charge in [0.05, 0.1) is 0 Å². The zero-order valence-electron chi connectivity index (χ0n) is 7.74. The van der Waals surface area contributed by atoms with Crippen molar-refractivity contribution in [2.45, 2.75) is 19.3 Å². The summed E-state index contributed by atoms with van der Waals surface area (Å²) in [6.07, 6.45) is 2.85. The minimum absolute atomic E-state index is 0.276. The Kier molecular flexibility index (Phi) is 4.94. The van der Waals surface area contributed by atoms with Crippen molar-refractivity contribution >= 4 is 12.6 Å². The van der Waals surface area contributed by atoms with Gasteiger partial charge in [-0.1, -0.05) is 24.3 Å². The lowest BCUT2D eigenvalue weighted by Crippen LogP contribution is -1.91. The molecule has 0 aliphatic heterocycles. The van der Waals surface area contributed by atoms with Crippen molar-refractivity contribution in [3.8, 4) is 0 Å². The smallest absolute Gasteiger partial charge is 0.0434 e. The third kappa shape index (κ3) is 3.83. The van der Waals surface area contributed by atoms with Gasteiger partial charge in [0, 0.05) is 6.61 Å². The number of benzene rings is 1. The molecule has 13 heavy (non-hydrogen) atoms. The van der Waals surface area contributed by atoms with Crippen LogP contribution in [-0.2, 0) is 12.8 Å². The van der Waals surface area contributed by atoms with Gasteiger partial charge in [-0.25, -0.2) is 0 Å². The van der Waals surface area contributed by atoms with Crippen LogP contribution in [0.1, 0.15) is 17.5 Å². The van der Waals surface area contributed by atoms with Crippen LogP contribution in [0.25, 0.3) is 0 Å². The summed E-state index contributed by atoms with van der Waals surface area (Å²) in [5.74, 6) is 0.899. The zero-order chi connectivity index (χ0) is 9.52. The Morgan fingerprint density at radius 3 is 2.00 bits per heavy atom. The Hall–Kier alpha value is -0.470. The van der Waals surface area contributed by atoms with Gasteiger partial charge in [0.15, 0.2) is 0 Å². The lowest BCUT2D eigenvalue weighted by atomic mass is 10.1. The fourth-order valence-electron chi connectivity index (χ4n) is 1.28. The monoisotopic (exact) mass is 196 g/mol. The van der Waals surface area contributed by atoms with Crippen molar-refractivity contribution in [3.63, 3.8) is 0 Å². The predicted molar refractivity (Wildman–Crippen MR) is 59.4 cm³/mol. The first-order chi connectivity index (χ1) is 6.36. The van der Waals surface area contributed by atoms with Gasteiger partial charge in [0.2, 0.25) is 0 Å². The van der Waals surface area contributed by atoms with Gasteiger partial charge in [0.1, 0.15) is 0 Å². The lowest BCUT2D eigenvalue weighted by Gasteiger charge is -2.01. The maximum atomic E-state index is 8.66. The first kappa shape index (κ1) is 10.6. The molecule has 0 unspecified atom stereocenters. The first-order valence-electron chi connectivity index (χ1n) is 4.66. The number of rotatable bonds is 5. The average molecular weight is 196 g/mol. The molecule has 0 aliphatic carbocycles. The van der Waals surface area contributed by atoms with Crippen LogP contribution < -0.4 is 0 Å². The molecule has 0 radical (unpaired) electrons. The van der Waals surface area contributed by atoms with Crippen LogP contribution in [0.15, 0.2) is 24.3 Å². The molecule has 0 saturated carbocycles. The summed E-state index contributed by atoms with van der Waals surface area (Å²) in [6, 6.07) is 8.55. The molecule has 1 rings (SSSR count). The van der Waals surface area contributed by atoms with Crippen molar-refractivity contribution in [2.75, 3.05) is 12.4 Å². The predicted octanol–water partition coefficient (Wildman–Crippen LogP) is 2.08. The van der Waals surface area contributed by atoms with Crippen LogP contribution in [0.2, 0.25) is 0 Å². The van der Waals surface area contributed by atoms with Gasteiger partial charge in [-0.15, -0.1) is 0 Å². The molecular weight excluding hydrogens is 180 g/mol. The van der Waals surface area contributed by atoms with E-state index in [2.05, 4.69) is 36.9 Å². The molecule has 0 atom stereocenters. The van der Waals surface area contributed by atoms with Gasteiger partial charge in [-0.05, 0) is 36.1 Å². The van der Waals surface area contributed by atoms with Crippen molar-refractivity contribution in [2.24, 2.45) is 0 Å². The minimum Gasteiger partial charge on any atom is -0.396 e. The Morgan fingerprint density at radius 2 is 1.54 bits per heavy atom. The highest BCUT2D eigenvalue weighted by Crippen LogP contribution is 2.07. The highest BCUT2D eigenvalue weighted by Gasteiger charge is 1.93. The number of aryl methyl sites for hydroxylation is 2. The molecule has 1 aromatic carbocycles. The summed E-state index contributed by atoms with van der Waals surface area (Å²) >= 11 is 4.18. The first-order valence-corrected chi connectivity index (χ1v) is 5.29. The van der Waals surface area contributed by atoms with E-state index in [9.17, 15) is 0 Å². The molecule has 1 nitrogen and oxygen atoms in total. The second-order valence-electron chi connectivity index (χ2n) is 3.12. The van der Waals surface area contributed by atoms with Gasteiger partial charge in [0.25, 0.3) is 0 Å². The summed E-state index contributed by atoms with van der Waals surface area (Å²) in [4.78, 5) is 0. The SMILES string of the molecule is OCCCc1ccc(CCS)cc1. The minimum atomic E-state index is 0.276. The number of hydrogen-bond acceptors (Lipinski definition) is 2. The number of hydrogen-bond donors (Lipinski definition) is 2. The summed E-state index contributed by atoms with van der Waals surface area (Å²) in [6.45, 7) is 0.276. The molecule has 1 aromatic rings. The van der Waals surface area contributed by atoms with E-state index in [1.807, 2.05) is 0 Å². The molecule has 0 spiro atoms. The summed E-state index contributed by atoms with van der Waals surface area (Å²) in [5.41, 5.74) is 2.64. The fraction of sp³-hybridized carbons (Fsp3) is 0.455. The number of aliphatic hydroxyl groups excluding tert-OH is 1. The lowest BCUT2D eigenvalue weighted by molar-refractivity contribution is 0.288. The van der Waals surface area contributed by atoms with Crippen LogP contribution in [0.3, 0.4) is 0 Å². The quantitative estimate of drug-likeness (QED) is 0.691. The standard InChI is InChI=1S/C11H16OS/c12-8-1-2-10-3-5-11(6-4-10)7-9-13/h3-6,12-13H,1-2,7-9H2. The summed E-state index contributed by atoms with van der Waals surface area (Å²) < 4.78 is 0. The number of aliphatic hydroxyl groups is 1. The van der Waals surface area contributed by atoms with E-state index in [1.165, 1.54) is 11.1 Å². The molecule has 0 fully saturated rings. The van der Waals surface area contributed by atoms with E-state index < -0.39 is 0 Å². The number of thiol groups is 1. The maximum absolute atomic E-state index is 8.66. The second-order valence-corrected chi connectivity index (χ2v) is 3.56. The molecular formula is C11H16OS. The third-order valence-corrected chi connectivity index (χ3v) is 2.27. The van der Waals surface area contributed by atoms with E-state index in [1.54, 1.807) is 0 Å². The Balaban J connectivity index is 2.48. The fourth-order valence-corrected chi connectivity index (χ4v) is 1.54. The van der Waals surface area contributed by atoms with E-state index in [0.717, 1.165) is 25.0 Å². The highest BCUT2D eigenvalue weighted by atomic mass is 32.1. The van der Waals surface area contributed by atoms with Gasteiger partial charge in [-0.2, -0.15) is 12.6 Å². The maximum Gasteiger partial charge on any atom is 0.0434 e. The Morgan fingerprint density at radius 1 is 1.00 bits per heavy atom. The van der Waals surface area contributed by atoms with Gasteiger partial charge < -0.3 is 5.11 Å². The largest absolute Gasteiger partial charge is 0.396 e. The van der Waals surface area contributed by atoms with Crippen molar-refractivity contribution in [1.29, 1.82) is 0 Å². The molecule has 1 N–H and O–H groups in total. The van der Waals surface area contributed by atoms with Crippen LogP contribution in [0, 0.1) is 0 Å². The van der Waals surface area contributed by atoms with Gasteiger partial charge >= 0.3 is 0 Å². The Bertz CT molecular complexity index is 230. The topological polar surface area (TPSA) is 20.2 Å². The van der Waals surface area contributed by atoms with Crippen LogP contribution in [-0.4, -0.2) is 17.5 Å². The van der Waals surface area contributed by atoms with Gasteiger partial charge in [-0.3, -0.25) is 0 Å². The normalized spacial score (nSPS) is 10.3. The molecule has 0 bridgehead atoms. The highest BCUT2D eigenvalue weighted by molar-refractivity contribution is 7.80. The van der Waals surface area contributed by atoms with E-state index in [0.29, 0.717) is 0 Å². The molecule has 0 aromatic heterocycles. The van der Waals surface area contributed by atoms with E-state index in [4.69, 9.17) is 5.11 Å². The molecule has 0 aliphatic rings. The second kappa shape index (κ2) is 6.06. The van der Waals surface area contributed by atoms with Crippen LogP contribution >= 0.6 is 12.6 Å². The molecule has 0 heterocycles. The summed E-state index contributed by atoms with van der Waals surface area (Å²) in [7, 11) is 0. The molecule has 72 valence electrons. The van der Waals surface area contributed by atoms with Crippen LogP contribution in [0.4, 0.5) is 0 Å². The average Bonchev–Trinajstić information content (AvgIpc) is 2.17. The van der Waals surface area contributed by atoms with Crippen molar-refractivity contribution in [1.82, 2.24) is 0 Å². The molecule has 0 amide bonds. The summed E-state index contributed by atoms with van der Waals surface area (Å²) in [5, 5.41) is 8.66. The van der Waals surface area contributed by atoms with Crippen LogP contribution in [0.5, 0.6) is 0 Å². The van der Waals surface area contributed by atoms with E-state index in [-0.39, 0.29) is 6.61 Å². The van der Waals surface area contributed by atoms with E-state index >= 15 is 0 Å². The zero-order valence-corrected chi connectivity index (χ0v) is 8.63. The Labute approximate surface area is 85.2 Å². The molecule has 0 saturated heterocycles. The van der Waals surface area contributed by atoms with Crippen molar-refractivity contribution < 1.29 is 5.11 Å². The third-order valence-electron chi connectivity index (χ3n) is 2.05.